The molecule has 10 heteroatoms. The molecule has 3 N–H and O–H groups in total. The number of carbonyl (C=O) groups excluding carboxylic acids is 2. The van der Waals surface area contributed by atoms with Gasteiger partial charge in [0, 0.05) is 18.7 Å². The fraction of sp³-hybridized carbons (Fsp3) is 0.500. The van der Waals surface area contributed by atoms with Crippen molar-refractivity contribution in [3.05, 3.63) is 12.2 Å². The van der Waals surface area contributed by atoms with Crippen LogP contribution >= 0.6 is 0 Å². The molecule has 0 unspecified atom stereocenters. The van der Waals surface area contributed by atoms with Crippen molar-refractivity contribution < 1.29 is 31.3 Å². The first kappa shape index (κ1) is 16.4. The van der Waals surface area contributed by atoms with E-state index in [4.69, 9.17) is 4.55 Å². The standard InChI is InChI=1S/C8H12F2N2O5S/c1-5(2)6(13)11-3-4-12-7(14)8(9,10)18(15,16)17/h1,3-4H2,2H3,(H,11,13)(H,12,14)(H,15,16,17). The summed E-state index contributed by atoms with van der Waals surface area (Å²) in [6.07, 6.45) is 0. The molecule has 0 spiro atoms. The Bertz CT molecular complexity index is 460. The maximum Gasteiger partial charge on any atom is 0.446 e. The SMILES string of the molecule is C=C(C)C(=O)NCCNC(=O)C(F)(F)S(=O)(=O)O. The van der Waals surface area contributed by atoms with Gasteiger partial charge in [0.15, 0.2) is 0 Å². The second-order valence-electron chi connectivity index (χ2n) is 3.28. The van der Waals surface area contributed by atoms with E-state index in [2.05, 4.69) is 11.9 Å². The van der Waals surface area contributed by atoms with Crippen LogP contribution < -0.4 is 10.6 Å². The molecule has 0 saturated heterocycles. The van der Waals surface area contributed by atoms with E-state index in [1.807, 2.05) is 0 Å². The molecule has 0 radical (unpaired) electrons. The maximum absolute atomic E-state index is 12.7. The fourth-order valence-electron chi connectivity index (χ4n) is 0.723. The van der Waals surface area contributed by atoms with Crippen LogP contribution in [-0.4, -0.2) is 43.1 Å². The molecule has 7 nitrogen and oxygen atoms in total. The highest BCUT2D eigenvalue weighted by atomic mass is 32.2. The van der Waals surface area contributed by atoms with Crippen LogP contribution in [0.4, 0.5) is 8.78 Å². The monoisotopic (exact) mass is 286 g/mol. The van der Waals surface area contributed by atoms with E-state index in [1.165, 1.54) is 6.92 Å². The molecule has 0 aliphatic carbocycles. The number of alkyl halides is 2. The molecule has 0 bridgehead atoms. The molecular formula is C8H12F2N2O5S. The van der Waals surface area contributed by atoms with Crippen LogP contribution in [0.25, 0.3) is 0 Å². The van der Waals surface area contributed by atoms with Crippen molar-refractivity contribution in [2.24, 2.45) is 0 Å². The highest BCUT2D eigenvalue weighted by molar-refractivity contribution is 7.87. The lowest BCUT2D eigenvalue weighted by atomic mass is 10.3. The van der Waals surface area contributed by atoms with Gasteiger partial charge >= 0.3 is 21.3 Å². The minimum Gasteiger partial charge on any atom is -0.351 e. The van der Waals surface area contributed by atoms with Gasteiger partial charge in [0.05, 0.1) is 0 Å². The van der Waals surface area contributed by atoms with Crippen molar-refractivity contribution in [2.45, 2.75) is 12.2 Å². The summed E-state index contributed by atoms with van der Waals surface area (Å²) in [5.74, 6) is -2.71. The van der Waals surface area contributed by atoms with E-state index >= 15 is 0 Å². The number of nitrogens with one attached hydrogen (secondary N) is 2. The molecule has 0 atom stereocenters. The second-order valence-corrected chi connectivity index (χ2v) is 4.75. The Balaban J connectivity index is 4.22. The first-order chi connectivity index (χ1) is 8.00. The summed E-state index contributed by atoms with van der Waals surface area (Å²) in [6.45, 7) is 4.10. The van der Waals surface area contributed by atoms with Crippen molar-refractivity contribution >= 4 is 21.9 Å². The maximum atomic E-state index is 12.7. The van der Waals surface area contributed by atoms with Crippen molar-refractivity contribution in [1.29, 1.82) is 0 Å². The third-order valence-electron chi connectivity index (χ3n) is 1.67. The fourth-order valence-corrected chi connectivity index (χ4v) is 1.03. The lowest BCUT2D eigenvalue weighted by molar-refractivity contribution is -0.136. The number of amides is 2. The van der Waals surface area contributed by atoms with E-state index in [9.17, 15) is 26.8 Å². The molecular weight excluding hydrogens is 274 g/mol. The first-order valence-electron chi connectivity index (χ1n) is 4.57. The lowest BCUT2D eigenvalue weighted by Crippen LogP contribution is -2.47. The molecule has 0 saturated carbocycles. The van der Waals surface area contributed by atoms with Crippen molar-refractivity contribution in [2.75, 3.05) is 13.1 Å². The molecule has 104 valence electrons. The minimum atomic E-state index is -5.82. The van der Waals surface area contributed by atoms with Gasteiger partial charge in [-0.15, -0.1) is 0 Å². The van der Waals surface area contributed by atoms with Crippen LogP contribution in [0.5, 0.6) is 0 Å². The Labute approximate surface area is 102 Å². The predicted octanol–water partition coefficient (Wildman–Crippen LogP) is -0.724. The molecule has 0 aromatic heterocycles. The topological polar surface area (TPSA) is 113 Å². The Kier molecular flexibility index (Phi) is 5.36. The molecule has 0 fully saturated rings. The first-order valence-corrected chi connectivity index (χ1v) is 6.01. The Morgan fingerprint density at radius 1 is 1.28 bits per heavy atom. The van der Waals surface area contributed by atoms with E-state index in [1.54, 1.807) is 5.32 Å². The van der Waals surface area contributed by atoms with E-state index in [0.717, 1.165) is 0 Å². The van der Waals surface area contributed by atoms with Gasteiger partial charge in [-0.2, -0.15) is 17.2 Å². The third kappa shape index (κ3) is 4.37. The van der Waals surface area contributed by atoms with Crippen LogP contribution in [0.1, 0.15) is 6.92 Å². The summed E-state index contributed by atoms with van der Waals surface area (Å²) < 4.78 is 53.9. The highest BCUT2D eigenvalue weighted by Crippen LogP contribution is 2.19. The smallest absolute Gasteiger partial charge is 0.351 e. The van der Waals surface area contributed by atoms with Crippen LogP contribution in [-0.2, 0) is 19.7 Å². The van der Waals surface area contributed by atoms with Gasteiger partial charge in [-0.05, 0) is 6.92 Å². The van der Waals surface area contributed by atoms with Gasteiger partial charge in [0.2, 0.25) is 5.91 Å². The number of rotatable bonds is 6. The highest BCUT2D eigenvalue weighted by Gasteiger charge is 2.52. The molecule has 0 aromatic rings. The second kappa shape index (κ2) is 5.87. The number of hydrogen-bond acceptors (Lipinski definition) is 4. The normalized spacial score (nSPS) is 11.8. The van der Waals surface area contributed by atoms with Crippen molar-refractivity contribution in [1.82, 2.24) is 10.6 Å². The largest absolute Gasteiger partial charge is 0.446 e. The van der Waals surface area contributed by atoms with Gasteiger partial charge in [-0.3, -0.25) is 14.1 Å². The van der Waals surface area contributed by atoms with E-state index < -0.39 is 33.7 Å². The van der Waals surface area contributed by atoms with Gasteiger partial charge in [0.25, 0.3) is 0 Å². The lowest BCUT2D eigenvalue weighted by Gasteiger charge is -2.12. The molecule has 0 rings (SSSR count). The van der Waals surface area contributed by atoms with Crippen molar-refractivity contribution in [3.8, 4) is 0 Å². The Morgan fingerprint density at radius 3 is 2.11 bits per heavy atom. The summed E-state index contributed by atoms with van der Waals surface area (Å²) in [5, 5.41) is -1.16. The summed E-state index contributed by atoms with van der Waals surface area (Å²) in [6, 6.07) is 0. The van der Waals surface area contributed by atoms with Gasteiger partial charge < -0.3 is 10.6 Å². The molecule has 2 amide bonds. The summed E-state index contributed by atoms with van der Waals surface area (Å²) >= 11 is 0. The zero-order valence-corrected chi connectivity index (χ0v) is 10.2. The van der Waals surface area contributed by atoms with Crippen molar-refractivity contribution in [3.63, 3.8) is 0 Å². The summed E-state index contributed by atoms with van der Waals surface area (Å²) in [7, 11) is -5.82. The minimum absolute atomic E-state index is 0.185. The van der Waals surface area contributed by atoms with Gasteiger partial charge in [0.1, 0.15) is 0 Å². The van der Waals surface area contributed by atoms with Crippen LogP contribution in [0.2, 0.25) is 0 Å². The predicted molar refractivity (Wildman–Crippen MR) is 57.3 cm³/mol. The van der Waals surface area contributed by atoms with Crippen LogP contribution in [0, 0.1) is 0 Å². The van der Waals surface area contributed by atoms with Crippen LogP contribution in [0.3, 0.4) is 0 Å². The molecule has 0 aliphatic heterocycles. The Morgan fingerprint density at radius 2 is 1.72 bits per heavy atom. The van der Waals surface area contributed by atoms with Crippen LogP contribution in [0.15, 0.2) is 12.2 Å². The van der Waals surface area contributed by atoms with E-state index in [-0.39, 0.29) is 12.1 Å². The molecule has 0 aliphatic rings. The molecule has 18 heavy (non-hydrogen) atoms. The van der Waals surface area contributed by atoms with Gasteiger partial charge in [-0.25, -0.2) is 0 Å². The summed E-state index contributed by atoms with van der Waals surface area (Å²) in [4.78, 5) is 21.7. The Hall–Kier alpha value is -1.55. The van der Waals surface area contributed by atoms with Gasteiger partial charge in [-0.1, -0.05) is 6.58 Å². The summed E-state index contributed by atoms with van der Waals surface area (Å²) in [5.41, 5.74) is 0.185. The van der Waals surface area contributed by atoms with E-state index in [0.29, 0.717) is 0 Å². The average Bonchev–Trinajstić information content (AvgIpc) is 2.21. The number of hydrogen-bond donors (Lipinski definition) is 3. The molecule has 0 aromatic carbocycles. The zero-order valence-electron chi connectivity index (χ0n) is 9.37. The zero-order chi connectivity index (χ0) is 14.6. The number of halogens is 2. The quantitative estimate of drug-likeness (QED) is 0.339. The third-order valence-corrected chi connectivity index (χ3v) is 2.51. The number of carbonyl (C=O) groups is 2. The molecule has 0 heterocycles. The average molecular weight is 286 g/mol.